The lowest BCUT2D eigenvalue weighted by Gasteiger charge is -2.28. The average Bonchev–Trinajstić information content (AvgIpc) is 3.98. The number of carbonyl (C=O) groups is 9. The van der Waals surface area contributed by atoms with Gasteiger partial charge in [0.15, 0.2) is 5.96 Å². The maximum absolute atomic E-state index is 14.3. The normalized spacial score (nSPS) is 14.1. The number of rotatable bonds is 31. The summed E-state index contributed by atoms with van der Waals surface area (Å²) >= 11 is 0. The summed E-state index contributed by atoms with van der Waals surface area (Å²) in [5, 5.41) is 47.1. The highest BCUT2D eigenvalue weighted by molar-refractivity contribution is 5.98. The van der Waals surface area contributed by atoms with Gasteiger partial charge in [-0.05, 0) is 55.6 Å². The van der Waals surface area contributed by atoms with Crippen LogP contribution in [0.25, 0.3) is 10.9 Å². The molecule has 0 fully saturated rings. The number of aromatic nitrogens is 3. The molecule has 26 nitrogen and oxygen atoms in total. The summed E-state index contributed by atoms with van der Waals surface area (Å²) in [5.74, 6) is -9.15. The van der Waals surface area contributed by atoms with Crippen LogP contribution in [-0.4, -0.2) is 152 Å². The largest absolute Gasteiger partial charge is 0.481 e. The van der Waals surface area contributed by atoms with Gasteiger partial charge in [0.05, 0.1) is 19.0 Å². The summed E-state index contributed by atoms with van der Waals surface area (Å²) in [7, 11) is 0. The highest BCUT2D eigenvalue weighted by atomic mass is 16.4. The van der Waals surface area contributed by atoms with E-state index in [0.717, 1.165) is 0 Å². The second-order valence-corrected chi connectivity index (χ2v) is 17.8. The average molecular weight is 997 g/mol. The Morgan fingerprint density at radius 2 is 1.20 bits per heavy atom. The van der Waals surface area contributed by atoms with Crippen LogP contribution < -0.4 is 54.4 Å². The monoisotopic (exact) mass is 997 g/mol. The summed E-state index contributed by atoms with van der Waals surface area (Å²) in [6.07, 6.45) is 3.63. The zero-order valence-electron chi connectivity index (χ0n) is 40.2. The third-order valence-corrected chi connectivity index (χ3v) is 10.8. The first-order chi connectivity index (χ1) is 33.6. The number of aliphatic carboxylic acids is 2. The van der Waals surface area contributed by atoms with E-state index in [1.807, 2.05) is 0 Å². The van der Waals surface area contributed by atoms with Gasteiger partial charge in [0.1, 0.15) is 42.8 Å². The second-order valence-electron chi connectivity index (χ2n) is 17.8. The van der Waals surface area contributed by atoms with Gasteiger partial charge in [0.2, 0.25) is 41.4 Å². The molecule has 1 aromatic carbocycles. The Morgan fingerprint density at radius 1 is 0.662 bits per heavy atom. The molecule has 26 heteroatoms. The molecule has 0 aliphatic rings. The number of aliphatic imine (C=N–C) groups is 1. The number of nitrogens with two attached hydrogens (primary N) is 3. The summed E-state index contributed by atoms with van der Waals surface area (Å²) in [4.78, 5) is 132. The molecule has 390 valence electrons. The number of hydrogen-bond donors (Lipinski definition) is 15. The highest BCUT2D eigenvalue weighted by Gasteiger charge is 2.35. The molecule has 3 rings (SSSR count). The van der Waals surface area contributed by atoms with Crippen LogP contribution in [0.15, 0.2) is 48.0 Å². The van der Waals surface area contributed by atoms with Crippen molar-refractivity contribution < 1.29 is 58.5 Å². The Bertz CT molecular complexity index is 2310. The number of amides is 7. The number of para-hydroxylation sites is 1. The molecule has 0 bridgehead atoms. The third-order valence-electron chi connectivity index (χ3n) is 10.8. The van der Waals surface area contributed by atoms with Crippen molar-refractivity contribution in [2.24, 2.45) is 34.0 Å². The molecule has 3 aromatic rings. The van der Waals surface area contributed by atoms with Gasteiger partial charge in [-0.1, -0.05) is 45.9 Å². The second kappa shape index (κ2) is 28.8. The first kappa shape index (κ1) is 57.7. The fourth-order valence-corrected chi connectivity index (χ4v) is 7.26. The molecule has 0 radical (unpaired) electrons. The minimum Gasteiger partial charge on any atom is -0.481 e. The van der Waals surface area contributed by atoms with Crippen molar-refractivity contribution in [1.29, 1.82) is 0 Å². The Kier molecular flexibility index (Phi) is 23.4. The lowest BCUT2D eigenvalue weighted by atomic mass is 10.0. The number of carboxylic acid groups (broad SMARTS) is 2. The van der Waals surface area contributed by atoms with E-state index in [2.05, 4.69) is 57.2 Å². The molecule has 0 spiro atoms. The van der Waals surface area contributed by atoms with E-state index in [-0.39, 0.29) is 69.3 Å². The van der Waals surface area contributed by atoms with Gasteiger partial charge < -0.3 is 79.7 Å². The Morgan fingerprint density at radius 3 is 1.77 bits per heavy atom. The lowest BCUT2D eigenvalue weighted by Crippen LogP contribution is -2.61. The van der Waals surface area contributed by atoms with Crippen LogP contribution >= 0.6 is 0 Å². The van der Waals surface area contributed by atoms with Crippen molar-refractivity contribution >= 4 is 70.2 Å². The smallest absolute Gasteiger partial charge is 0.322 e. The van der Waals surface area contributed by atoms with Gasteiger partial charge in [0.25, 0.3) is 0 Å². The number of fused-ring (bicyclic) bond motifs is 1. The molecule has 0 aliphatic carbocycles. The summed E-state index contributed by atoms with van der Waals surface area (Å²) in [6.45, 7) is 5.46. The number of benzene rings is 1. The Balaban J connectivity index is 1.90. The third kappa shape index (κ3) is 20.1. The van der Waals surface area contributed by atoms with Crippen molar-refractivity contribution in [1.82, 2.24) is 52.2 Å². The zero-order chi connectivity index (χ0) is 52.8. The number of aliphatic hydroxyl groups excluding tert-OH is 1. The number of carboxylic acids is 2. The van der Waals surface area contributed by atoms with Gasteiger partial charge in [-0.25, -0.2) is 4.98 Å². The molecule has 7 amide bonds. The lowest BCUT2D eigenvalue weighted by molar-refractivity contribution is -0.139. The standard InChI is InChI=1S/C45H68N14O12/c1-23(2)14-31(39(66)52-20-37(63)64)56-40(67)30(10-7-13-50-45(47)48)54-41(68)32(15-24(3)4)57-44(71)35(21-60)59-42(69)33(16-25-18-51-29-9-6-5-8-27(25)29)58-43(70)34(17-26-19-49-22-53-26)55-38(65)28(46)11-12-36(61)62/h5-6,8-9,18-19,22-24,28,30-35,51,60H,7,10-17,20-21,46H2,1-4H3,(H,49,53)(H,52,66)(H,54,68)(H,55,65)(H,56,67)(H,57,71)(H,58,70)(H,59,69)(H,61,62)(H,63,64)(H4,47,48,50)/t28-,30-,31-,32-,33-,34-,35-/m0/s1. The van der Waals surface area contributed by atoms with Gasteiger partial charge in [0, 0.05) is 54.8 Å². The number of aliphatic hydroxyl groups is 1. The van der Waals surface area contributed by atoms with Crippen LogP contribution in [0.2, 0.25) is 0 Å². The molecule has 18 N–H and O–H groups in total. The van der Waals surface area contributed by atoms with Crippen LogP contribution in [0.3, 0.4) is 0 Å². The Hall–Kier alpha value is -7.61. The fraction of sp³-hybridized carbons (Fsp3) is 0.533. The minimum absolute atomic E-state index is 0.00221. The number of imidazole rings is 1. The van der Waals surface area contributed by atoms with Crippen molar-refractivity contribution in [2.45, 2.75) is 121 Å². The van der Waals surface area contributed by atoms with E-state index in [9.17, 15) is 48.3 Å². The first-order valence-corrected chi connectivity index (χ1v) is 23.1. The topological polar surface area (TPSA) is 433 Å². The van der Waals surface area contributed by atoms with E-state index < -0.39 is 115 Å². The number of guanidine groups is 1. The summed E-state index contributed by atoms with van der Waals surface area (Å²) < 4.78 is 0. The molecular formula is C45H68N14O12. The quantitative estimate of drug-likeness (QED) is 0.0175. The van der Waals surface area contributed by atoms with Crippen molar-refractivity contribution in [3.05, 3.63) is 54.2 Å². The maximum Gasteiger partial charge on any atom is 0.322 e. The molecule has 2 heterocycles. The van der Waals surface area contributed by atoms with Gasteiger partial charge in [-0.2, -0.15) is 0 Å². The van der Waals surface area contributed by atoms with Crippen LogP contribution in [0.1, 0.15) is 77.5 Å². The van der Waals surface area contributed by atoms with Crippen LogP contribution in [0.5, 0.6) is 0 Å². The molecular weight excluding hydrogens is 929 g/mol. The van der Waals surface area contributed by atoms with Crippen molar-refractivity contribution in [2.75, 3.05) is 19.7 Å². The zero-order valence-corrected chi connectivity index (χ0v) is 40.2. The SMILES string of the molecule is CC(C)C[C@H](NC(=O)[C@H](CCCN=C(N)N)NC(=O)[C@H](CC(C)C)NC(=O)[C@H](CO)NC(=O)[C@H](Cc1c[nH]c2ccccc12)NC(=O)[C@H](Cc1cnc[nH]1)NC(=O)[C@@H](N)CCC(=O)O)C(=O)NCC(=O)O. The summed E-state index contributed by atoms with van der Waals surface area (Å²) in [6, 6.07) is -2.60. The molecule has 0 saturated carbocycles. The first-order valence-electron chi connectivity index (χ1n) is 23.1. The molecule has 0 saturated heterocycles. The van der Waals surface area contributed by atoms with Gasteiger partial charge in [-0.15, -0.1) is 0 Å². The van der Waals surface area contributed by atoms with E-state index in [1.54, 1.807) is 58.2 Å². The number of aromatic amines is 2. The van der Waals surface area contributed by atoms with Crippen LogP contribution in [-0.2, 0) is 56.0 Å². The fourth-order valence-electron chi connectivity index (χ4n) is 7.26. The number of hydrogen-bond acceptors (Lipinski definition) is 13. The molecule has 2 aromatic heterocycles. The highest BCUT2D eigenvalue weighted by Crippen LogP contribution is 2.20. The van der Waals surface area contributed by atoms with E-state index in [0.29, 0.717) is 22.2 Å². The molecule has 7 atom stereocenters. The maximum atomic E-state index is 14.3. The number of H-pyrrole nitrogens is 2. The van der Waals surface area contributed by atoms with Crippen molar-refractivity contribution in [3.63, 3.8) is 0 Å². The number of nitrogens with one attached hydrogen (secondary N) is 9. The molecule has 0 aliphatic heterocycles. The van der Waals surface area contributed by atoms with Crippen molar-refractivity contribution in [3.8, 4) is 0 Å². The van der Waals surface area contributed by atoms with E-state index >= 15 is 0 Å². The number of carbonyl (C=O) groups excluding carboxylic acids is 7. The van der Waals surface area contributed by atoms with Crippen LogP contribution in [0, 0.1) is 11.8 Å². The predicted molar refractivity (Wildman–Crippen MR) is 257 cm³/mol. The van der Waals surface area contributed by atoms with Crippen LogP contribution in [0.4, 0.5) is 0 Å². The van der Waals surface area contributed by atoms with Gasteiger partial charge >= 0.3 is 11.9 Å². The molecule has 71 heavy (non-hydrogen) atoms. The molecule has 0 unspecified atom stereocenters. The van der Waals surface area contributed by atoms with E-state index in [1.165, 1.54) is 12.5 Å². The minimum atomic E-state index is -1.71. The predicted octanol–water partition coefficient (Wildman–Crippen LogP) is -2.88. The number of nitrogens with zero attached hydrogens (tertiary/aromatic N) is 2. The van der Waals surface area contributed by atoms with Gasteiger partial charge in [-0.3, -0.25) is 48.1 Å². The summed E-state index contributed by atoms with van der Waals surface area (Å²) in [5.41, 5.74) is 18.6. The van der Waals surface area contributed by atoms with E-state index in [4.69, 9.17) is 27.4 Å². The Labute approximate surface area is 409 Å².